The van der Waals surface area contributed by atoms with Crippen molar-refractivity contribution < 1.29 is 14.7 Å². The van der Waals surface area contributed by atoms with E-state index >= 15 is 0 Å². The Kier molecular flexibility index (Phi) is 4.37. The number of halogens is 1. The number of carbonyl (C=O) groups excluding carboxylic acids is 1. The largest absolute Gasteiger partial charge is 0.478 e. The van der Waals surface area contributed by atoms with Gasteiger partial charge >= 0.3 is 5.97 Å². The minimum Gasteiger partial charge on any atom is -0.478 e. The molecule has 0 saturated heterocycles. The molecule has 1 aliphatic rings. The summed E-state index contributed by atoms with van der Waals surface area (Å²) in [6.45, 7) is 4.04. The molecule has 1 aromatic carbocycles. The Bertz CT molecular complexity index is 604. The number of amides is 1. The first-order valence-electron chi connectivity index (χ1n) is 6.82. The van der Waals surface area contributed by atoms with Gasteiger partial charge in [0.05, 0.1) is 0 Å². The van der Waals surface area contributed by atoms with Gasteiger partial charge in [0.25, 0.3) is 5.91 Å². The number of benzene rings is 1. The van der Waals surface area contributed by atoms with Crippen LogP contribution in [0, 0.1) is 5.92 Å². The molecule has 0 atom stereocenters. The van der Waals surface area contributed by atoms with Crippen molar-refractivity contribution >= 4 is 29.6 Å². The van der Waals surface area contributed by atoms with Crippen molar-refractivity contribution in [2.75, 3.05) is 0 Å². The predicted molar refractivity (Wildman–Crippen MR) is 82.4 cm³/mol. The van der Waals surface area contributed by atoms with Gasteiger partial charge in [0.1, 0.15) is 0 Å². The van der Waals surface area contributed by atoms with Gasteiger partial charge in [-0.3, -0.25) is 4.79 Å². The lowest BCUT2D eigenvalue weighted by Gasteiger charge is -2.26. The Hall–Kier alpha value is -1.81. The molecule has 1 saturated carbocycles. The van der Waals surface area contributed by atoms with Crippen LogP contribution in [0.25, 0.3) is 6.08 Å². The minimum absolute atomic E-state index is 0.164. The molecule has 5 heteroatoms. The zero-order chi connectivity index (χ0) is 15.6. The van der Waals surface area contributed by atoms with Crippen LogP contribution < -0.4 is 5.32 Å². The number of carboxylic acid groups (broad SMARTS) is 1. The summed E-state index contributed by atoms with van der Waals surface area (Å²) in [5.41, 5.74) is 0.823. The molecule has 112 valence electrons. The summed E-state index contributed by atoms with van der Waals surface area (Å²) >= 11 is 6.08. The van der Waals surface area contributed by atoms with E-state index in [1.807, 2.05) is 13.8 Å². The van der Waals surface area contributed by atoms with Crippen molar-refractivity contribution in [3.8, 4) is 0 Å². The van der Waals surface area contributed by atoms with E-state index in [0.29, 0.717) is 22.1 Å². The molecule has 0 aliphatic heterocycles. The molecule has 1 amide bonds. The summed E-state index contributed by atoms with van der Waals surface area (Å²) in [4.78, 5) is 22.7. The van der Waals surface area contributed by atoms with Gasteiger partial charge in [0, 0.05) is 22.2 Å². The molecule has 1 aromatic rings. The zero-order valence-corrected chi connectivity index (χ0v) is 12.8. The number of hydrogen-bond donors (Lipinski definition) is 2. The van der Waals surface area contributed by atoms with Crippen LogP contribution in [0.1, 0.15) is 42.6 Å². The van der Waals surface area contributed by atoms with Crippen LogP contribution in [-0.4, -0.2) is 22.5 Å². The second-order valence-corrected chi connectivity index (χ2v) is 6.27. The maximum Gasteiger partial charge on any atom is 0.328 e. The van der Waals surface area contributed by atoms with Crippen molar-refractivity contribution in [2.24, 2.45) is 5.92 Å². The van der Waals surface area contributed by atoms with Crippen LogP contribution >= 0.6 is 11.6 Å². The number of aliphatic carboxylic acids is 1. The van der Waals surface area contributed by atoms with Crippen LogP contribution in [0.5, 0.6) is 0 Å². The van der Waals surface area contributed by atoms with E-state index in [0.717, 1.165) is 18.9 Å². The maximum absolute atomic E-state index is 12.2. The summed E-state index contributed by atoms with van der Waals surface area (Å²) in [6, 6.07) is 4.84. The van der Waals surface area contributed by atoms with Crippen molar-refractivity contribution in [1.29, 1.82) is 0 Å². The molecule has 4 nitrogen and oxygen atoms in total. The lowest BCUT2D eigenvalue weighted by atomic mass is 9.98. The smallest absolute Gasteiger partial charge is 0.328 e. The number of carboxylic acids is 1. The van der Waals surface area contributed by atoms with Gasteiger partial charge in [-0.1, -0.05) is 17.7 Å². The monoisotopic (exact) mass is 307 g/mol. The molecule has 2 N–H and O–H groups in total. The molecular formula is C16H18ClNO3. The highest BCUT2D eigenvalue weighted by Gasteiger charge is 2.38. The van der Waals surface area contributed by atoms with Gasteiger partial charge in [0.15, 0.2) is 0 Å². The van der Waals surface area contributed by atoms with Crippen LogP contribution in [0.4, 0.5) is 0 Å². The van der Waals surface area contributed by atoms with E-state index in [4.69, 9.17) is 16.7 Å². The van der Waals surface area contributed by atoms with Crippen molar-refractivity contribution in [3.63, 3.8) is 0 Å². The molecule has 1 aliphatic carbocycles. The third-order valence-corrected chi connectivity index (χ3v) is 4.03. The molecule has 0 radical (unpaired) electrons. The number of hydrogen-bond acceptors (Lipinski definition) is 2. The van der Waals surface area contributed by atoms with E-state index in [9.17, 15) is 9.59 Å². The quantitative estimate of drug-likeness (QED) is 0.820. The molecule has 0 spiro atoms. The summed E-state index contributed by atoms with van der Waals surface area (Å²) in [5.74, 6) is -0.670. The summed E-state index contributed by atoms with van der Waals surface area (Å²) in [7, 11) is 0. The first-order chi connectivity index (χ1) is 9.79. The highest BCUT2D eigenvalue weighted by atomic mass is 35.5. The molecule has 0 aromatic heterocycles. The highest BCUT2D eigenvalue weighted by Crippen LogP contribution is 2.39. The van der Waals surface area contributed by atoms with E-state index in [1.165, 1.54) is 6.08 Å². The average Bonchev–Trinajstić information content (AvgIpc) is 3.21. The Morgan fingerprint density at radius 1 is 1.38 bits per heavy atom. The fourth-order valence-corrected chi connectivity index (χ4v) is 2.48. The molecule has 0 bridgehead atoms. The Labute approximate surface area is 128 Å². The van der Waals surface area contributed by atoms with Crippen LogP contribution in [0.15, 0.2) is 24.3 Å². The highest BCUT2D eigenvalue weighted by molar-refractivity contribution is 6.32. The molecule has 1 fully saturated rings. The normalized spacial score (nSPS) is 15.2. The van der Waals surface area contributed by atoms with E-state index < -0.39 is 5.97 Å². The van der Waals surface area contributed by atoms with Gasteiger partial charge < -0.3 is 10.4 Å². The Morgan fingerprint density at radius 3 is 2.57 bits per heavy atom. The molecule has 21 heavy (non-hydrogen) atoms. The summed E-state index contributed by atoms with van der Waals surface area (Å²) < 4.78 is 0. The summed E-state index contributed by atoms with van der Waals surface area (Å²) in [5, 5.41) is 12.0. The first kappa shape index (κ1) is 15.6. The van der Waals surface area contributed by atoms with Gasteiger partial charge in [-0.05, 0) is 56.4 Å². The van der Waals surface area contributed by atoms with Gasteiger partial charge in [0.2, 0.25) is 0 Å². The standard InChI is InChI=1S/C16H18ClNO3/c1-16(2,12-6-7-12)18-15(21)11-4-3-10(13(17)9-11)5-8-14(19)20/h3-5,8-9,12H,6-7H2,1-2H3,(H,18,21)(H,19,20)/b8-5+. The lowest BCUT2D eigenvalue weighted by Crippen LogP contribution is -2.45. The average molecular weight is 308 g/mol. The minimum atomic E-state index is -1.04. The number of carbonyl (C=O) groups is 2. The van der Waals surface area contributed by atoms with Crippen LogP contribution in [0.3, 0.4) is 0 Å². The predicted octanol–water partition coefficient (Wildman–Crippen LogP) is 3.36. The molecule has 0 unspecified atom stereocenters. The third kappa shape index (κ3) is 4.08. The maximum atomic E-state index is 12.2. The number of rotatable bonds is 5. The second kappa shape index (κ2) is 5.90. The molecule has 2 rings (SSSR count). The lowest BCUT2D eigenvalue weighted by molar-refractivity contribution is -0.131. The first-order valence-corrected chi connectivity index (χ1v) is 7.20. The van der Waals surface area contributed by atoms with Crippen LogP contribution in [0.2, 0.25) is 5.02 Å². The van der Waals surface area contributed by atoms with Gasteiger partial charge in [-0.2, -0.15) is 0 Å². The number of nitrogens with one attached hydrogen (secondary N) is 1. The SMILES string of the molecule is CC(C)(NC(=O)c1ccc(/C=C/C(=O)O)c(Cl)c1)C1CC1. The third-order valence-electron chi connectivity index (χ3n) is 3.70. The summed E-state index contributed by atoms with van der Waals surface area (Å²) in [6.07, 6.45) is 4.71. The fourth-order valence-electron chi connectivity index (χ4n) is 2.24. The van der Waals surface area contributed by atoms with Crippen molar-refractivity contribution in [3.05, 3.63) is 40.4 Å². The second-order valence-electron chi connectivity index (χ2n) is 5.86. The molecule has 0 heterocycles. The van der Waals surface area contributed by atoms with Crippen molar-refractivity contribution in [2.45, 2.75) is 32.2 Å². The van der Waals surface area contributed by atoms with E-state index in [1.54, 1.807) is 18.2 Å². The van der Waals surface area contributed by atoms with Gasteiger partial charge in [-0.15, -0.1) is 0 Å². The topological polar surface area (TPSA) is 66.4 Å². The van der Waals surface area contributed by atoms with E-state index in [-0.39, 0.29) is 11.4 Å². The Balaban J connectivity index is 2.12. The fraction of sp³-hybridized carbons (Fsp3) is 0.375. The van der Waals surface area contributed by atoms with Gasteiger partial charge in [-0.25, -0.2) is 4.79 Å². The Morgan fingerprint density at radius 2 is 2.05 bits per heavy atom. The zero-order valence-electron chi connectivity index (χ0n) is 12.0. The van der Waals surface area contributed by atoms with E-state index in [2.05, 4.69) is 5.32 Å². The molecular weight excluding hydrogens is 290 g/mol. The van der Waals surface area contributed by atoms with Crippen LogP contribution in [-0.2, 0) is 4.79 Å². The van der Waals surface area contributed by atoms with Crippen molar-refractivity contribution in [1.82, 2.24) is 5.32 Å².